The van der Waals surface area contributed by atoms with Crippen molar-refractivity contribution in [2.75, 3.05) is 0 Å². The van der Waals surface area contributed by atoms with Crippen LogP contribution in [-0.4, -0.2) is 16.1 Å². The third-order valence-corrected chi connectivity index (χ3v) is 2.55. The molecule has 0 fully saturated rings. The van der Waals surface area contributed by atoms with E-state index in [-0.39, 0.29) is 11.5 Å². The summed E-state index contributed by atoms with van der Waals surface area (Å²) in [4.78, 5) is 10.7. The van der Waals surface area contributed by atoms with Crippen molar-refractivity contribution in [1.29, 1.82) is 0 Å². The van der Waals surface area contributed by atoms with Crippen molar-refractivity contribution in [2.45, 2.75) is 26.2 Å². The quantitative estimate of drug-likeness (QED) is 0.413. The molecule has 4 N–H and O–H groups in total. The van der Waals surface area contributed by atoms with Crippen molar-refractivity contribution < 1.29 is 15.0 Å². The number of carbonyl (C=O) groups is 1. The third-order valence-electron chi connectivity index (χ3n) is 2.55. The van der Waals surface area contributed by atoms with E-state index in [9.17, 15) is 9.90 Å². The number of benzene rings is 1. The van der Waals surface area contributed by atoms with E-state index in [2.05, 4.69) is 0 Å². The van der Waals surface area contributed by atoms with Crippen LogP contribution >= 0.6 is 0 Å². The summed E-state index contributed by atoms with van der Waals surface area (Å²) in [6, 6.07) is 4.77. The van der Waals surface area contributed by atoms with E-state index in [0.29, 0.717) is 5.57 Å². The third kappa shape index (κ3) is 4.18. The molecule has 0 aliphatic rings. The molecule has 1 rings (SSSR count). The lowest BCUT2D eigenvalue weighted by Crippen LogP contribution is -2.11. The SMILES string of the molecule is CC(=CCCCc1ccc(O)c(O)c1)C(N)=O. The number of phenolic OH excluding ortho intramolecular Hbond substituents is 2. The van der Waals surface area contributed by atoms with Crippen LogP contribution in [0.1, 0.15) is 25.3 Å². The highest BCUT2D eigenvalue weighted by atomic mass is 16.3. The van der Waals surface area contributed by atoms with E-state index in [1.165, 1.54) is 6.07 Å². The average Bonchev–Trinajstić information content (AvgIpc) is 2.28. The molecule has 0 spiro atoms. The van der Waals surface area contributed by atoms with Crippen LogP contribution in [0.25, 0.3) is 0 Å². The molecular weight excluding hydrogens is 218 g/mol. The number of rotatable bonds is 5. The van der Waals surface area contributed by atoms with Gasteiger partial charge in [0.1, 0.15) is 0 Å². The van der Waals surface area contributed by atoms with Crippen molar-refractivity contribution in [3.05, 3.63) is 35.4 Å². The molecule has 0 saturated heterocycles. The van der Waals surface area contributed by atoms with Crippen LogP contribution in [0, 0.1) is 0 Å². The minimum absolute atomic E-state index is 0.105. The fraction of sp³-hybridized carbons (Fsp3) is 0.308. The summed E-state index contributed by atoms with van der Waals surface area (Å²) in [6.45, 7) is 1.69. The second kappa shape index (κ2) is 5.94. The molecule has 1 aromatic carbocycles. The summed E-state index contributed by atoms with van der Waals surface area (Å²) in [5.74, 6) is -0.614. The van der Waals surface area contributed by atoms with Crippen LogP contribution in [0.3, 0.4) is 0 Å². The van der Waals surface area contributed by atoms with Crippen LogP contribution in [0.15, 0.2) is 29.8 Å². The minimum Gasteiger partial charge on any atom is -0.504 e. The van der Waals surface area contributed by atoms with Crippen molar-refractivity contribution in [1.82, 2.24) is 0 Å². The number of nitrogens with two attached hydrogens (primary N) is 1. The first kappa shape index (κ1) is 13.1. The molecule has 0 aromatic heterocycles. The Bertz CT molecular complexity index is 438. The van der Waals surface area contributed by atoms with Gasteiger partial charge in [0, 0.05) is 5.57 Å². The fourth-order valence-electron chi connectivity index (χ4n) is 1.45. The first-order chi connectivity index (χ1) is 8.00. The number of hydrogen-bond acceptors (Lipinski definition) is 3. The topological polar surface area (TPSA) is 83.6 Å². The van der Waals surface area contributed by atoms with Crippen LogP contribution in [0.5, 0.6) is 11.5 Å². The molecule has 1 amide bonds. The van der Waals surface area contributed by atoms with Gasteiger partial charge in [-0.1, -0.05) is 12.1 Å². The standard InChI is InChI=1S/C13H17NO3/c1-9(13(14)17)4-2-3-5-10-6-7-11(15)12(16)8-10/h4,6-8,15-16H,2-3,5H2,1H3,(H2,14,17). The van der Waals surface area contributed by atoms with Gasteiger partial charge >= 0.3 is 0 Å². The largest absolute Gasteiger partial charge is 0.504 e. The number of allylic oxidation sites excluding steroid dienone is 1. The van der Waals surface area contributed by atoms with Gasteiger partial charge in [0.05, 0.1) is 0 Å². The predicted octanol–water partition coefficient (Wildman–Crippen LogP) is 1.85. The summed E-state index contributed by atoms with van der Waals surface area (Å²) < 4.78 is 0. The number of primary amides is 1. The van der Waals surface area contributed by atoms with Crippen LogP contribution < -0.4 is 5.73 Å². The first-order valence-corrected chi connectivity index (χ1v) is 5.48. The monoisotopic (exact) mass is 235 g/mol. The average molecular weight is 235 g/mol. The Labute approximate surface area is 100 Å². The molecule has 0 unspecified atom stereocenters. The predicted molar refractivity (Wildman–Crippen MR) is 65.7 cm³/mol. The Morgan fingerprint density at radius 3 is 2.65 bits per heavy atom. The summed E-state index contributed by atoms with van der Waals surface area (Å²) >= 11 is 0. The van der Waals surface area contributed by atoms with Crippen molar-refractivity contribution in [2.24, 2.45) is 5.73 Å². The smallest absolute Gasteiger partial charge is 0.244 e. The Kier molecular flexibility index (Phi) is 4.57. The second-order valence-corrected chi connectivity index (χ2v) is 3.97. The van der Waals surface area contributed by atoms with Crippen molar-refractivity contribution >= 4 is 5.91 Å². The minimum atomic E-state index is -0.396. The number of unbranched alkanes of at least 4 members (excludes halogenated alkanes) is 1. The molecule has 0 radical (unpaired) electrons. The van der Waals surface area contributed by atoms with Gasteiger partial charge in [-0.2, -0.15) is 0 Å². The number of phenols is 2. The fourth-order valence-corrected chi connectivity index (χ4v) is 1.45. The van der Waals surface area contributed by atoms with Gasteiger partial charge in [0.25, 0.3) is 0 Å². The molecule has 0 aliphatic carbocycles. The van der Waals surface area contributed by atoms with E-state index in [0.717, 1.165) is 24.8 Å². The molecule has 0 aliphatic heterocycles. The Morgan fingerprint density at radius 2 is 2.06 bits per heavy atom. The number of aromatic hydroxyl groups is 2. The zero-order chi connectivity index (χ0) is 12.8. The zero-order valence-corrected chi connectivity index (χ0v) is 9.81. The maximum absolute atomic E-state index is 10.7. The number of aryl methyl sites for hydroxylation is 1. The molecule has 4 heteroatoms. The van der Waals surface area contributed by atoms with Crippen molar-refractivity contribution in [3.63, 3.8) is 0 Å². The van der Waals surface area contributed by atoms with Gasteiger partial charge in [-0.05, 0) is 43.9 Å². The Balaban J connectivity index is 2.44. The molecule has 0 saturated carbocycles. The summed E-state index contributed by atoms with van der Waals surface area (Å²) in [6.07, 6.45) is 4.20. The van der Waals surface area contributed by atoms with E-state index in [1.54, 1.807) is 19.1 Å². The summed E-state index contributed by atoms with van der Waals surface area (Å²) in [5, 5.41) is 18.4. The highest BCUT2D eigenvalue weighted by Gasteiger charge is 2.00. The molecule has 0 heterocycles. The number of amides is 1. The van der Waals surface area contributed by atoms with Gasteiger partial charge in [0.15, 0.2) is 11.5 Å². The molecule has 0 atom stereocenters. The first-order valence-electron chi connectivity index (χ1n) is 5.48. The Morgan fingerprint density at radius 1 is 1.35 bits per heavy atom. The van der Waals surface area contributed by atoms with Gasteiger partial charge in [-0.25, -0.2) is 0 Å². The lowest BCUT2D eigenvalue weighted by Gasteiger charge is -2.02. The molecular formula is C13H17NO3. The maximum atomic E-state index is 10.7. The lowest BCUT2D eigenvalue weighted by molar-refractivity contribution is -0.114. The maximum Gasteiger partial charge on any atom is 0.244 e. The van der Waals surface area contributed by atoms with Crippen molar-refractivity contribution in [3.8, 4) is 11.5 Å². The lowest BCUT2D eigenvalue weighted by atomic mass is 10.1. The molecule has 0 bridgehead atoms. The van der Waals surface area contributed by atoms with Crippen LogP contribution in [-0.2, 0) is 11.2 Å². The highest BCUT2D eigenvalue weighted by Crippen LogP contribution is 2.25. The van der Waals surface area contributed by atoms with Gasteiger partial charge in [-0.3, -0.25) is 4.79 Å². The molecule has 1 aromatic rings. The highest BCUT2D eigenvalue weighted by molar-refractivity contribution is 5.91. The van der Waals surface area contributed by atoms with E-state index in [1.807, 2.05) is 6.08 Å². The molecule has 4 nitrogen and oxygen atoms in total. The Hall–Kier alpha value is -1.97. The second-order valence-electron chi connectivity index (χ2n) is 3.97. The van der Waals surface area contributed by atoms with E-state index in [4.69, 9.17) is 10.8 Å². The number of hydrogen-bond donors (Lipinski definition) is 3. The van der Waals surface area contributed by atoms with Crippen LogP contribution in [0.4, 0.5) is 0 Å². The normalized spacial score (nSPS) is 11.5. The van der Waals surface area contributed by atoms with Crippen LogP contribution in [0.2, 0.25) is 0 Å². The summed E-state index contributed by atoms with van der Waals surface area (Å²) in [7, 11) is 0. The van der Waals surface area contributed by atoms with Gasteiger partial charge in [-0.15, -0.1) is 0 Å². The van der Waals surface area contributed by atoms with Gasteiger partial charge < -0.3 is 15.9 Å². The zero-order valence-electron chi connectivity index (χ0n) is 9.81. The molecule has 17 heavy (non-hydrogen) atoms. The number of carbonyl (C=O) groups excluding carboxylic acids is 1. The van der Waals surface area contributed by atoms with Gasteiger partial charge in [0.2, 0.25) is 5.91 Å². The van der Waals surface area contributed by atoms with E-state index >= 15 is 0 Å². The summed E-state index contributed by atoms with van der Waals surface area (Å²) in [5.41, 5.74) is 6.62. The molecule has 92 valence electrons. The van der Waals surface area contributed by atoms with E-state index < -0.39 is 5.91 Å².